The van der Waals surface area contributed by atoms with E-state index >= 15 is 0 Å². The van der Waals surface area contributed by atoms with Crippen molar-refractivity contribution in [2.75, 3.05) is 26.2 Å². The molecule has 3 atom stereocenters. The van der Waals surface area contributed by atoms with Gasteiger partial charge in [-0.15, -0.1) is 12.4 Å². The smallest absolute Gasteiger partial charge is 0.0900 e. The van der Waals surface area contributed by atoms with E-state index in [2.05, 4.69) is 0 Å². The maximum Gasteiger partial charge on any atom is 0.0900 e. The molecule has 6 heteroatoms. The lowest BCUT2D eigenvalue weighted by molar-refractivity contribution is -0.176. The van der Waals surface area contributed by atoms with Crippen molar-refractivity contribution in [2.45, 2.75) is 76.3 Å². The lowest BCUT2D eigenvalue weighted by atomic mass is 9.54. The standard InChI is InChI=1S/C19H35NO4.ClH/c1-13(21)9-20(10-14(2)22)11-18(23)12-24-19-6-15-3-16(7-19)5-17(4-15)8-19;/h13-18,21-23H,3-12H2,1-2H3;1H. The van der Waals surface area contributed by atoms with Crippen molar-refractivity contribution < 1.29 is 20.1 Å². The summed E-state index contributed by atoms with van der Waals surface area (Å²) in [5.74, 6) is 2.53. The summed E-state index contributed by atoms with van der Waals surface area (Å²) in [6, 6.07) is 0. The Morgan fingerprint density at radius 1 is 0.880 bits per heavy atom. The van der Waals surface area contributed by atoms with Gasteiger partial charge in [-0.25, -0.2) is 0 Å². The molecule has 4 aliphatic rings. The zero-order chi connectivity index (χ0) is 17.3. The lowest BCUT2D eigenvalue weighted by Crippen LogP contribution is -2.53. The normalized spacial score (nSPS) is 37.0. The predicted molar refractivity (Wildman–Crippen MR) is 99.9 cm³/mol. The first kappa shape index (κ1) is 21.4. The van der Waals surface area contributed by atoms with E-state index in [-0.39, 0.29) is 18.0 Å². The highest BCUT2D eigenvalue weighted by Gasteiger charge is 2.51. The number of halogens is 1. The van der Waals surface area contributed by atoms with Crippen molar-refractivity contribution in [1.29, 1.82) is 0 Å². The number of hydrogen-bond donors (Lipinski definition) is 3. The molecule has 0 heterocycles. The molecule has 0 saturated heterocycles. The van der Waals surface area contributed by atoms with Crippen LogP contribution in [0.4, 0.5) is 0 Å². The summed E-state index contributed by atoms with van der Waals surface area (Å²) in [6.45, 7) is 5.17. The van der Waals surface area contributed by atoms with Crippen molar-refractivity contribution in [1.82, 2.24) is 4.90 Å². The van der Waals surface area contributed by atoms with Crippen LogP contribution in [-0.4, -0.2) is 70.4 Å². The molecular formula is C19H36ClNO4. The number of aliphatic hydroxyl groups is 3. The third-order valence-corrected chi connectivity index (χ3v) is 6.08. The van der Waals surface area contributed by atoms with Crippen molar-refractivity contribution in [3.05, 3.63) is 0 Å². The maximum atomic E-state index is 10.4. The molecule has 0 radical (unpaired) electrons. The second-order valence-electron chi connectivity index (χ2n) is 8.98. The first-order valence-corrected chi connectivity index (χ1v) is 9.74. The van der Waals surface area contributed by atoms with Crippen LogP contribution < -0.4 is 0 Å². The van der Waals surface area contributed by atoms with E-state index in [0.717, 1.165) is 17.8 Å². The van der Waals surface area contributed by atoms with Gasteiger partial charge in [0.05, 0.1) is 30.5 Å². The summed E-state index contributed by atoms with van der Waals surface area (Å²) < 4.78 is 6.31. The minimum Gasteiger partial charge on any atom is -0.392 e. The summed E-state index contributed by atoms with van der Waals surface area (Å²) in [5, 5.41) is 29.6. The van der Waals surface area contributed by atoms with Crippen molar-refractivity contribution in [2.24, 2.45) is 17.8 Å². The summed E-state index contributed by atoms with van der Waals surface area (Å²) in [6.07, 6.45) is 6.19. The van der Waals surface area contributed by atoms with E-state index in [1.165, 1.54) is 38.5 Å². The lowest BCUT2D eigenvalue weighted by Gasteiger charge is -2.56. The fourth-order valence-electron chi connectivity index (χ4n) is 5.80. The van der Waals surface area contributed by atoms with Gasteiger partial charge in [-0.1, -0.05) is 0 Å². The van der Waals surface area contributed by atoms with Crippen LogP contribution in [0, 0.1) is 17.8 Å². The number of hydrogen-bond acceptors (Lipinski definition) is 5. The number of nitrogens with zero attached hydrogens (tertiary/aromatic N) is 1. The van der Waals surface area contributed by atoms with Gasteiger partial charge in [0.1, 0.15) is 0 Å². The van der Waals surface area contributed by atoms with Gasteiger partial charge in [0, 0.05) is 19.6 Å². The Bertz CT molecular complexity index is 373. The Morgan fingerprint density at radius 3 is 1.72 bits per heavy atom. The quantitative estimate of drug-likeness (QED) is 0.571. The zero-order valence-electron chi connectivity index (χ0n) is 15.6. The minimum atomic E-state index is -0.574. The third-order valence-electron chi connectivity index (χ3n) is 6.08. The summed E-state index contributed by atoms with van der Waals surface area (Å²) in [7, 11) is 0. The van der Waals surface area contributed by atoms with Crippen LogP contribution in [0.2, 0.25) is 0 Å². The molecule has 3 unspecified atom stereocenters. The molecule has 0 aromatic rings. The van der Waals surface area contributed by atoms with Crippen LogP contribution in [0.3, 0.4) is 0 Å². The van der Waals surface area contributed by atoms with Gasteiger partial charge in [0.15, 0.2) is 0 Å². The molecule has 0 amide bonds. The average molecular weight is 378 g/mol. The molecule has 0 aromatic carbocycles. The second-order valence-corrected chi connectivity index (χ2v) is 8.98. The SMILES string of the molecule is CC(O)CN(CC(C)O)CC(O)COC12CC3CC(CC(C3)C1)C2.Cl. The predicted octanol–water partition coefficient (Wildman–Crippen LogP) is 1.82. The number of ether oxygens (including phenoxy) is 1. The molecule has 0 aromatic heterocycles. The van der Waals surface area contributed by atoms with E-state index in [9.17, 15) is 15.3 Å². The van der Waals surface area contributed by atoms with Crippen LogP contribution in [0.1, 0.15) is 52.4 Å². The molecule has 4 aliphatic carbocycles. The van der Waals surface area contributed by atoms with E-state index in [1.807, 2.05) is 4.90 Å². The van der Waals surface area contributed by atoms with Crippen LogP contribution in [0.25, 0.3) is 0 Å². The van der Waals surface area contributed by atoms with Crippen molar-refractivity contribution >= 4 is 12.4 Å². The van der Waals surface area contributed by atoms with Crippen molar-refractivity contribution in [3.8, 4) is 0 Å². The zero-order valence-corrected chi connectivity index (χ0v) is 16.5. The monoisotopic (exact) mass is 377 g/mol. The van der Waals surface area contributed by atoms with Gasteiger partial charge in [-0.3, -0.25) is 4.90 Å². The van der Waals surface area contributed by atoms with Gasteiger partial charge in [0.25, 0.3) is 0 Å². The summed E-state index contributed by atoms with van der Waals surface area (Å²) in [5.41, 5.74) is 0.0229. The third kappa shape index (κ3) is 5.78. The van der Waals surface area contributed by atoms with E-state index in [0.29, 0.717) is 26.2 Å². The fourth-order valence-corrected chi connectivity index (χ4v) is 5.80. The van der Waals surface area contributed by atoms with Gasteiger partial charge in [-0.2, -0.15) is 0 Å². The molecule has 5 nitrogen and oxygen atoms in total. The van der Waals surface area contributed by atoms with E-state index in [4.69, 9.17) is 4.74 Å². The first-order chi connectivity index (χ1) is 11.3. The number of rotatable bonds is 9. The second kappa shape index (κ2) is 8.85. The maximum absolute atomic E-state index is 10.4. The Kier molecular flexibility index (Phi) is 7.57. The highest BCUT2D eigenvalue weighted by atomic mass is 35.5. The molecule has 0 spiro atoms. The molecule has 148 valence electrons. The Balaban J connectivity index is 0.00000225. The number of aliphatic hydroxyl groups excluding tert-OH is 3. The molecular weight excluding hydrogens is 342 g/mol. The largest absolute Gasteiger partial charge is 0.392 e. The van der Waals surface area contributed by atoms with Crippen LogP contribution in [-0.2, 0) is 4.74 Å². The van der Waals surface area contributed by atoms with E-state index < -0.39 is 18.3 Å². The highest BCUT2D eigenvalue weighted by Crippen LogP contribution is 2.57. The van der Waals surface area contributed by atoms with Crippen molar-refractivity contribution in [3.63, 3.8) is 0 Å². The Labute approximate surface area is 158 Å². The molecule has 25 heavy (non-hydrogen) atoms. The summed E-state index contributed by atoms with van der Waals surface area (Å²) >= 11 is 0. The van der Waals surface area contributed by atoms with Crippen LogP contribution in [0.15, 0.2) is 0 Å². The Hall–Kier alpha value is 0.0900. The molecule has 4 rings (SSSR count). The van der Waals surface area contributed by atoms with Gasteiger partial charge in [0.2, 0.25) is 0 Å². The van der Waals surface area contributed by atoms with Gasteiger partial charge >= 0.3 is 0 Å². The summed E-state index contributed by atoms with van der Waals surface area (Å²) in [4.78, 5) is 1.92. The van der Waals surface area contributed by atoms with E-state index in [1.54, 1.807) is 13.8 Å². The minimum absolute atomic E-state index is 0. The average Bonchev–Trinajstić information content (AvgIpc) is 2.42. The Morgan fingerprint density at radius 2 is 1.32 bits per heavy atom. The first-order valence-electron chi connectivity index (χ1n) is 9.74. The molecule has 4 fully saturated rings. The molecule has 4 bridgehead atoms. The topological polar surface area (TPSA) is 73.2 Å². The van der Waals surface area contributed by atoms with Gasteiger partial charge in [-0.05, 0) is 70.1 Å². The van der Waals surface area contributed by atoms with Gasteiger partial charge < -0.3 is 20.1 Å². The van der Waals surface area contributed by atoms with Crippen LogP contribution in [0.5, 0.6) is 0 Å². The van der Waals surface area contributed by atoms with Crippen LogP contribution >= 0.6 is 12.4 Å². The molecule has 0 aliphatic heterocycles. The molecule has 3 N–H and O–H groups in total. The highest BCUT2D eigenvalue weighted by molar-refractivity contribution is 5.85. The molecule has 4 saturated carbocycles. The fraction of sp³-hybridized carbons (Fsp3) is 1.00.